The summed E-state index contributed by atoms with van der Waals surface area (Å²) in [4.78, 5) is 16.2. The van der Waals surface area contributed by atoms with Crippen LogP contribution in [0.15, 0.2) is 11.6 Å². The van der Waals surface area contributed by atoms with Crippen LogP contribution >= 0.6 is 0 Å². The number of nitrogens with one attached hydrogen (secondary N) is 1. The van der Waals surface area contributed by atoms with Gasteiger partial charge < -0.3 is 10.2 Å². The predicted octanol–water partition coefficient (Wildman–Crippen LogP) is 0.0702. The molecule has 0 aromatic carbocycles. The first kappa shape index (κ1) is 11.6. The van der Waals surface area contributed by atoms with Gasteiger partial charge in [-0.3, -0.25) is 9.69 Å². The lowest BCUT2D eigenvalue weighted by Crippen LogP contribution is -2.50. The molecule has 0 spiro atoms. The Balaban J connectivity index is 1.78. The highest BCUT2D eigenvalue weighted by Gasteiger charge is 2.19. The van der Waals surface area contributed by atoms with Crippen LogP contribution in [-0.4, -0.2) is 61.5 Å². The van der Waals surface area contributed by atoms with Gasteiger partial charge in [-0.25, -0.2) is 0 Å². The molecule has 1 amide bonds. The van der Waals surface area contributed by atoms with Crippen LogP contribution < -0.4 is 5.32 Å². The first-order valence-corrected chi connectivity index (χ1v) is 6.12. The maximum absolute atomic E-state index is 12.0. The van der Waals surface area contributed by atoms with Crippen LogP contribution in [0.1, 0.15) is 13.3 Å². The van der Waals surface area contributed by atoms with Crippen LogP contribution in [0.2, 0.25) is 0 Å². The number of rotatable bonds is 2. The minimum atomic E-state index is 0.287. The Morgan fingerprint density at radius 2 is 2.12 bits per heavy atom. The molecule has 0 aliphatic carbocycles. The fourth-order valence-electron chi connectivity index (χ4n) is 2.16. The van der Waals surface area contributed by atoms with E-state index in [1.54, 1.807) is 0 Å². The zero-order valence-electron chi connectivity index (χ0n) is 10.0. The maximum atomic E-state index is 12.0. The summed E-state index contributed by atoms with van der Waals surface area (Å²) in [5, 5.41) is 3.26. The van der Waals surface area contributed by atoms with Crippen molar-refractivity contribution < 1.29 is 4.79 Å². The van der Waals surface area contributed by atoms with E-state index in [9.17, 15) is 4.79 Å². The highest BCUT2D eigenvalue weighted by molar-refractivity contribution is 5.78. The molecule has 2 rings (SSSR count). The first-order valence-electron chi connectivity index (χ1n) is 6.12. The molecule has 0 atom stereocenters. The molecule has 4 heteroatoms. The van der Waals surface area contributed by atoms with Crippen molar-refractivity contribution in [2.45, 2.75) is 13.3 Å². The molecule has 2 aliphatic rings. The lowest BCUT2D eigenvalue weighted by molar-refractivity contribution is -0.132. The summed E-state index contributed by atoms with van der Waals surface area (Å²) in [6.07, 6.45) is 3.34. The van der Waals surface area contributed by atoms with Crippen LogP contribution in [0, 0.1) is 0 Å². The summed E-state index contributed by atoms with van der Waals surface area (Å²) in [6.45, 7) is 8.31. The van der Waals surface area contributed by atoms with Crippen molar-refractivity contribution in [1.82, 2.24) is 15.1 Å². The van der Waals surface area contributed by atoms with E-state index in [-0.39, 0.29) is 5.91 Å². The number of nitrogens with zero attached hydrogens (tertiary/aromatic N) is 2. The Bertz CT molecular complexity index is 282. The second kappa shape index (κ2) is 5.46. The molecule has 0 unspecified atom stereocenters. The van der Waals surface area contributed by atoms with E-state index >= 15 is 0 Å². The zero-order chi connectivity index (χ0) is 11.4. The SMILES string of the molecule is CC1=CCN(CC(=O)N2CCNCC2)CC1. The monoisotopic (exact) mass is 223 g/mol. The molecular formula is C12H21N3O. The van der Waals surface area contributed by atoms with Crippen molar-refractivity contribution in [2.24, 2.45) is 0 Å². The second-order valence-corrected chi connectivity index (χ2v) is 4.67. The summed E-state index contributed by atoms with van der Waals surface area (Å²) in [5.41, 5.74) is 1.45. The van der Waals surface area contributed by atoms with Gasteiger partial charge in [-0.2, -0.15) is 0 Å². The summed E-state index contributed by atoms with van der Waals surface area (Å²) in [6, 6.07) is 0. The summed E-state index contributed by atoms with van der Waals surface area (Å²) in [7, 11) is 0. The third-order valence-corrected chi connectivity index (χ3v) is 3.35. The quantitative estimate of drug-likeness (QED) is 0.673. The predicted molar refractivity (Wildman–Crippen MR) is 64.3 cm³/mol. The molecule has 16 heavy (non-hydrogen) atoms. The van der Waals surface area contributed by atoms with Crippen LogP contribution in [0.5, 0.6) is 0 Å². The number of hydrogen-bond donors (Lipinski definition) is 1. The standard InChI is InChI=1S/C12H21N3O/c1-11-2-6-14(7-3-11)10-12(16)15-8-4-13-5-9-15/h2,13H,3-10H2,1H3. The summed E-state index contributed by atoms with van der Waals surface area (Å²) >= 11 is 0. The second-order valence-electron chi connectivity index (χ2n) is 4.67. The van der Waals surface area contributed by atoms with Gasteiger partial charge in [0.2, 0.25) is 5.91 Å². The Kier molecular flexibility index (Phi) is 3.96. The smallest absolute Gasteiger partial charge is 0.236 e. The number of carbonyl (C=O) groups is 1. The molecule has 0 bridgehead atoms. The molecule has 0 radical (unpaired) electrons. The number of carbonyl (C=O) groups excluding carboxylic acids is 1. The lowest BCUT2D eigenvalue weighted by Gasteiger charge is -2.31. The van der Waals surface area contributed by atoms with Gasteiger partial charge in [-0.1, -0.05) is 11.6 Å². The van der Waals surface area contributed by atoms with Crippen LogP contribution in [0.3, 0.4) is 0 Å². The van der Waals surface area contributed by atoms with Crippen LogP contribution in [0.25, 0.3) is 0 Å². The summed E-state index contributed by atoms with van der Waals surface area (Å²) < 4.78 is 0. The molecule has 0 aromatic rings. The third kappa shape index (κ3) is 3.06. The molecule has 1 fully saturated rings. The Hall–Kier alpha value is -0.870. The number of piperazine rings is 1. The molecule has 2 heterocycles. The van der Waals surface area contributed by atoms with Crippen LogP contribution in [0.4, 0.5) is 0 Å². The average molecular weight is 223 g/mol. The highest BCUT2D eigenvalue weighted by atomic mass is 16.2. The molecule has 0 aromatic heterocycles. The normalized spacial score (nSPS) is 23.1. The molecule has 1 N–H and O–H groups in total. The van der Waals surface area contributed by atoms with E-state index in [2.05, 4.69) is 23.2 Å². The van der Waals surface area contributed by atoms with Gasteiger partial charge in [0.1, 0.15) is 0 Å². The maximum Gasteiger partial charge on any atom is 0.236 e. The molecule has 4 nitrogen and oxygen atoms in total. The van der Waals surface area contributed by atoms with Crippen molar-refractivity contribution in [3.8, 4) is 0 Å². The molecule has 0 saturated carbocycles. The van der Waals surface area contributed by atoms with Crippen molar-refractivity contribution in [1.29, 1.82) is 0 Å². The molecular weight excluding hydrogens is 202 g/mol. The Labute approximate surface area is 97.3 Å². The average Bonchev–Trinajstić information content (AvgIpc) is 2.33. The third-order valence-electron chi connectivity index (χ3n) is 3.35. The van der Waals surface area contributed by atoms with Gasteiger partial charge in [0.05, 0.1) is 6.54 Å². The van der Waals surface area contributed by atoms with Gasteiger partial charge in [0.25, 0.3) is 0 Å². The van der Waals surface area contributed by atoms with E-state index in [1.807, 2.05) is 4.90 Å². The Morgan fingerprint density at radius 1 is 1.38 bits per heavy atom. The lowest BCUT2D eigenvalue weighted by atomic mass is 10.1. The van der Waals surface area contributed by atoms with E-state index < -0.39 is 0 Å². The molecule has 1 saturated heterocycles. The number of hydrogen-bond acceptors (Lipinski definition) is 3. The van der Waals surface area contributed by atoms with E-state index in [4.69, 9.17) is 0 Å². The van der Waals surface area contributed by atoms with Gasteiger partial charge in [0, 0.05) is 39.3 Å². The fourth-order valence-corrected chi connectivity index (χ4v) is 2.16. The van der Waals surface area contributed by atoms with Gasteiger partial charge in [0.15, 0.2) is 0 Å². The first-order chi connectivity index (χ1) is 7.75. The van der Waals surface area contributed by atoms with E-state index in [1.165, 1.54) is 5.57 Å². The van der Waals surface area contributed by atoms with E-state index in [0.717, 1.165) is 45.7 Å². The van der Waals surface area contributed by atoms with Crippen molar-refractivity contribution in [2.75, 3.05) is 45.8 Å². The topological polar surface area (TPSA) is 35.6 Å². The molecule has 90 valence electrons. The van der Waals surface area contributed by atoms with E-state index in [0.29, 0.717) is 6.54 Å². The zero-order valence-corrected chi connectivity index (χ0v) is 10.0. The van der Waals surface area contributed by atoms with Crippen molar-refractivity contribution >= 4 is 5.91 Å². The minimum Gasteiger partial charge on any atom is -0.339 e. The van der Waals surface area contributed by atoms with Crippen LogP contribution in [-0.2, 0) is 4.79 Å². The van der Waals surface area contributed by atoms with Gasteiger partial charge in [-0.05, 0) is 13.3 Å². The highest BCUT2D eigenvalue weighted by Crippen LogP contribution is 2.09. The van der Waals surface area contributed by atoms with Gasteiger partial charge in [-0.15, -0.1) is 0 Å². The number of amides is 1. The Morgan fingerprint density at radius 3 is 2.75 bits per heavy atom. The minimum absolute atomic E-state index is 0.287. The molecule has 2 aliphatic heterocycles. The van der Waals surface area contributed by atoms with Crippen molar-refractivity contribution in [3.63, 3.8) is 0 Å². The summed E-state index contributed by atoms with van der Waals surface area (Å²) in [5.74, 6) is 0.287. The largest absolute Gasteiger partial charge is 0.339 e. The fraction of sp³-hybridized carbons (Fsp3) is 0.750. The van der Waals surface area contributed by atoms with Crippen molar-refractivity contribution in [3.05, 3.63) is 11.6 Å². The van der Waals surface area contributed by atoms with Gasteiger partial charge >= 0.3 is 0 Å².